The summed E-state index contributed by atoms with van der Waals surface area (Å²) >= 11 is 0. The maximum Gasteiger partial charge on any atom is 0.00445 e. The summed E-state index contributed by atoms with van der Waals surface area (Å²) in [6.45, 7) is 5.96. The largest absolute Gasteiger partial charge is 0.328 e. The molecule has 1 saturated carbocycles. The summed E-state index contributed by atoms with van der Waals surface area (Å²) in [5.41, 5.74) is 7.25. The summed E-state index contributed by atoms with van der Waals surface area (Å²) in [7, 11) is 0. The van der Waals surface area contributed by atoms with Crippen LogP contribution in [-0.2, 0) is 0 Å². The Hall–Kier alpha value is -0.300. The Balaban J connectivity index is 2.02. The Bertz CT molecular complexity index is 147. The third-order valence-corrected chi connectivity index (χ3v) is 2.80. The van der Waals surface area contributed by atoms with Crippen LogP contribution in [0.4, 0.5) is 0 Å². The summed E-state index contributed by atoms with van der Waals surface area (Å²) in [6.07, 6.45) is 7.74. The molecule has 0 aromatic heterocycles. The molecule has 0 aromatic rings. The molecule has 2 N–H and O–H groups in total. The van der Waals surface area contributed by atoms with Gasteiger partial charge in [-0.3, -0.25) is 0 Å². The van der Waals surface area contributed by atoms with E-state index >= 15 is 0 Å². The molecule has 0 bridgehead atoms. The lowest BCUT2D eigenvalue weighted by molar-refractivity contribution is 0.272. The first-order valence-corrected chi connectivity index (χ1v) is 5.08. The molecule has 70 valence electrons. The molecule has 0 heterocycles. The Kier molecular flexibility index (Phi) is 3.80. The highest BCUT2D eigenvalue weighted by molar-refractivity contribution is 4.89. The molecule has 1 unspecified atom stereocenters. The predicted molar refractivity (Wildman–Crippen MR) is 54.0 cm³/mol. The van der Waals surface area contributed by atoms with Crippen LogP contribution in [0.2, 0.25) is 0 Å². The predicted octanol–water partition coefficient (Wildman–Crippen LogP) is 2.86. The highest BCUT2D eigenvalue weighted by Crippen LogP contribution is 2.30. The Labute approximate surface area is 76.0 Å². The van der Waals surface area contributed by atoms with Crippen LogP contribution in [-0.4, -0.2) is 6.04 Å². The number of hydrogen-bond acceptors (Lipinski definition) is 1. The van der Waals surface area contributed by atoms with Crippen LogP contribution < -0.4 is 5.73 Å². The van der Waals surface area contributed by atoms with Crippen LogP contribution in [0.15, 0.2) is 12.2 Å². The molecule has 1 atom stereocenters. The molecule has 0 aliphatic heterocycles. The minimum atomic E-state index is 0.423. The van der Waals surface area contributed by atoms with Crippen LogP contribution >= 0.6 is 0 Å². The van der Waals surface area contributed by atoms with Crippen molar-refractivity contribution in [3.05, 3.63) is 12.2 Å². The van der Waals surface area contributed by atoms with Crippen molar-refractivity contribution in [3.8, 4) is 0 Å². The SMILES string of the molecule is C=C(C)CCC(N)CC1CCC1. The van der Waals surface area contributed by atoms with Crippen molar-refractivity contribution in [3.63, 3.8) is 0 Å². The first kappa shape index (κ1) is 9.79. The number of rotatable bonds is 5. The highest BCUT2D eigenvalue weighted by Gasteiger charge is 2.19. The fourth-order valence-corrected chi connectivity index (χ4v) is 1.71. The minimum absolute atomic E-state index is 0.423. The molecule has 0 spiro atoms. The molecule has 0 aromatic carbocycles. The van der Waals surface area contributed by atoms with Crippen molar-refractivity contribution in [1.29, 1.82) is 0 Å². The zero-order chi connectivity index (χ0) is 8.97. The summed E-state index contributed by atoms with van der Waals surface area (Å²) in [6, 6.07) is 0.423. The van der Waals surface area contributed by atoms with Crippen LogP contribution in [0.1, 0.15) is 45.4 Å². The third kappa shape index (κ3) is 3.40. The van der Waals surface area contributed by atoms with Gasteiger partial charge in [0.05, 0.1) is 0 Å². The fourth-order valence-electron chi connectivity index (χ4n) is 1.71. The molecule has 1 rings (SSSR count). The van der Waals surface area contributed by atoms with Crippen molar-refractivity contribution in [2.45, 2.75) is 51.5 Å². The van der Waals surface area contributed by atoms with Gasteiger partial charge in [0.1, 0.15) is 0 Å². The van der Waals surface area contributed by atoms with Gasteiger partial charge in [-0.1, -0.05) is 24.8 Å². The molecule has 0 amide bonds. The van der Waals surface area contributed by atoms with E-state index in [1.54, 1.807) is 0 Å². The average Bonchev–Trinajstić information content (AvgIpc) is 1.93. The molecule has 0 saturated heterocycles. The van der Waals surface area contributed by atoms with Gasteiger partial charge < -0.3 is 5.73 Å². The number of nitrogens with two attached hydrogens (primary N) is 1. The van der Waals surface area contributed by atoms with Gasteiger partial charge in [-0.05, 0) is 32.1 Å². The molecule has 12 heavy (non-hydrogen) atoms. The van der Waals surface area contributed by atoms with Gasteiger partial charge in [0.2, 0.25) is 0 Å². The Morgan fingerprint density at radius 1 is 1.58 bits per heavy atom. The molecule has 0 radical (unpaired) electrons. The summed E-state index contributed by atoms with van der Waals surface area (Å²) < 4.78 is 0. The fraction of sp³-hybridized carbons (Fsp3) is 0.818. The normalized spacial score (nSPS) is 20.2. The van der Waals surface area contributed by atoms with Crippen molar-refractivity contribution in [1.82, 2.24) is 0 Å². The van der Waals surface area contributed by atoms with E-state index in [1.807, 2.05) is 0 Å². The van der Waals surface area contributed by atoms with E-state index in [4.69, 9.17) is 5.73 Å². The van der Waals surface area contributed by atoms with Gasteiger partial charge in [0.15, 0.2) is 0 Å². The van der Waals surface area contributed by atoms with Crippen molar-refractivity contribution in [2.75, 3.05) is 0 Å². The molecule has 1 aliphatic carbocycles. The first-order chi connectivity index (χ1) is 5.68. The highest BCUT2D eigenvalue weighted by atomic mass is 14.6. The van der Waals surface area contributed by atoms with Gasteiger partial charge in [0, 0.05) is 6.04 Å². The molecule has 1 heteroatoms. The first-order valence-electron chi connectivity index (χ1n) is 5.08. The molecular formula is C11H21N. The van der Waals surface area contributed by atoms with Crippen molar-refractivity contribution < 1.29 is 0 Å². The lowest BCUT2D eigenvalue weighted by Crippen LogP contribution is -2.26. The minimum Gasteiger partial charge on any atom is -0.328 e. The monoisotopic (exact) mass is 167 g/mol. The number of allylic oxidation sites excluding steroid dienone is 1. The van der Waals surface area contributed by atoms with E-state index in [1.165, 1.54) is 31.3 Å². The van der Waals surface area contributed by atoms with Crippen LogP contribution in [0.3, 0.4) is 0 Å². The van der Waals surface area contributed by atoms with Crippen LogP contribution in [0.25, 0.3) is 0 Å². The second kappa shape index (κ2) is 4.66. The van der Waals surface area contributed by atoms with Gasteiger partial charge in [-0.15, -0.1) is 6.58 Å². The van der Waals surface area contributed by atoms with E-state index in [-0.39, 0.29) is 0 Å². The van der Waals surface area contributed by atoms with Crippen LogP contribution in [0.5, 0.6) is 0 Å². The van der Waals surface area contributed by atoms with Crippen molar-refractivity contribution in [2.24, 2.45) is 11.7 Å². The zero-order valence-corrected chi connectivity index (χ0v) is 8.18. The smallest absolute Gasteiger partial charge is 0.00445 e. The maximum atomic E-state index is 5.99. The lowest BCUT2D eigenvalue weighted by Gasteiger charge is -2.28. The standard InChI is InChI=1S/C11H21N/c1-9(2)6-7-11(12)8-10-4-3-5-10/h10-11H,1,3-8,12H2,2H3. The van der Waals surface area contributed by atoms with Crippen molar-refractivity contribution >= 4 is 0 Å². The Morgan fingerprint density at radius 3 is 2.67 bits per heavy atom. The van der Waals surface area contributed by atoms with Gasteiger partial charge in [-0.25, -0.2) is 0 Å². The van der Waals surface area contributed by atoms with Crippen LogP contribution in [0, 0.1) is 5.92 Å². The topological polar surface area (TPSA) is 26.0 Å². The van der Waals surface area contributed by atoms with E-state index in [9.17, 15) is 0 Å². The van der Waals surface area contributed by atoms with E-state index in [2.05, 4.69) is 13.5 Å². The van der Waals surface area contributed by atoms with E-state index in [0.717, 1.165) is 18.8 Å². The molecule has 1 aliphatic rings. The second-order valence-corrected chi connectivity index (χ2v) is 4.29. The molecule has 1 fully saturated rings. The third-order valence-electron chi connectivity index (χ3n) is 2.80. The summed E-state index contributed by atoms with van der Waals surface area (Å²) in [5, 5.41) is 0. The van der Waals surface area contributed by atoms with Gasteiger partial charge >= 0.3 is 0 Å². The van der Waals surface area contributed by atoms with Gasteiger partial charge in [-0.2, -0.15) is 0 Å². The lowest BCUT2D eigenvalue weighted by atomic mass is 9.80. The molecule has 1 nitrogen and oxygen atoms in total. The second-order valence-electron chi connectivity index (χ2n) is 4.29. The maximum absolute atomic E-state index is 5.99. The van der Waals surface area contributed by atoms with Gasteiger partial charge in [0.25, 0.3) is 0 Å². The average molecular weight is 167 g/mol. The summed E-state index contributed by atoms with van der Waals surface area (Å²) in [5.74, 6) is 0.949. The molecular weight excluding hydrogens is 146 g/mol. The zero-order valence-electron chi connectivity index (χ0n) is 8.18. The number of hydrogen-bond donors (Lipinski definition) is 1. The summed E-state index contributed by atoms with van der Waals surface area (Å²) in [4.78, 5) is 0. The van der Waals surface area contributed by atoms with E-state index < -0.39 is 0 Å². The Morgan fingerprint density at radius 2 is 2.25 bits per heavy atom. The van der Waals surface area contributed by atoms with E-state index in [0.29, 0.717) is 6.04 Å². The quantitative estimate of drug-likeness (QED) is 0.626.